The lowest BCUT2D eigenvalue weighted by atomic mass is 10.1. The number of aliphatic hydroxyl groups excluding tert-OH is 1. The van der Waals surface area contributed by atoms with Gasteiger partial charge in [-0.05, 0) is 18.6 Å². The van der Waals surface area contributed by atoms with Gasteiger partial charge in [0.2, 0.25) is 0 Å². The molecular formula is C13H19N3O2S. The van der Waals surface area contributed by atoms with E-state index in [1.807, 2.05) is 12.1 Å². The largest absolute Gasteiger partial charge is 0.394 e. The van der Waals surface area contributed by atoms with Gasteiger partial charge in [-0.3, -0.25) is 9.88 Å². The molecule has 3 N–H and O–H groups in total. The summed E-state index contributed by atoms with van der Waals surface area (Å²) in [6.07, 6.45) is 1.57. The van der Waals surface area contributed by atoms with E-state index in [1.165, 1.54) is 0 Å². The second kappa shape index (κ2) is 6.38. The topological polar surface area (TPSA) is 71.6 Å². The van der Waals surface area contributed by atoms with E-state index in [2.05, 4.69) is 16.8 Å². The number of morpholine rings is 1. The average molecular weight is 281 g/mol. The predicted octanol–water partition coefficient (Wildman–Crippen LogP) is 0.297. The van der Waals surface area contributed by atoms with Gasteiger partial charge in [0.15, 0.2) is 0 Å². The first-order valence-corrected chi connectivity index (χ1v) is 6.73. The zero-order valence-corrected chi connectivity index (χ0v) is 11.8. The van der Waals surface area contributed by atoms with Crippen molar-refractivity contribution in [3.8, 4) is 0 Å². The van der Waals surface area contributed by atoms with Gasteiger partial charge in [-0.15, -0.1) is 0 Å². The van der Waals surface area contributed by atoms with Crippen LogP contribution >= 0.6 is 12.2 Å². The molecule has 1 aromatic rings. The van der Waals surface area contributed by atoms with Crippen LogP contribution in [0.3, 0.4) is 0 Å². The summed E-state index contributed by atoms with van der Waals surface area (Å²) in [5, 5.41) is 9.20. The Kier molecular flexibility index (Phi) is 4.81. The molecule has 0 aliphatic carbocycles. The standard InChI is InChI=1S/C13H19N3O2S/c1-9-8-18-11(7-17)6-16(9)5-10-3-2-4-15-12(10)13(14)19/h2-4,9,11,17H,5-8H2,1H3,(H2,14,19). The van der Waals surface area contributed by atoms with Crippen molar-refractivity contribution in [3.05, 3.63) is 29.6 Å². The van der Waals surface area contributed by atoms with Crippen molar-refractivity contribution in [2.24, 2.45) is 5.73 Å². The molecule has 2 unspecified atom stereocenters. The highest BCUT2D eigenvalue weighted by Gasteiger charge is 2.26. The van der Waals surface area contributed by atoms with E-state index < -0.39 is 0 Å². The Labute approximate surface area is 118 Å². The number of rotatable bonds is 4. The SMILES string of the molecule is CC1COC(CO)CN1Cc1cccnc1C(N)=S. The lowest BCUT2D eigenvalue weighted by molar-refractivity contribution is -0.0805. The molecule has 0 bridgehead atoms. The summed E-state index contributed by atoms with van der Waals surface area (Å²) in [5.41, 5.74) is 7.39. The highest BCUT2D eigenvalue weighted by molar-refractivity contribution is 7.80. The molecule has 2 atom stereocenters. The van der Waals surface area contributed by atoms with Crippen LogP contribution in [0.5, 0.6) is 0 Å². The Morgan fingerprint density at radius 3 is 3.16 bits per heavy atom. The molecule has 0 radical (unpaired) electrons. The van der Waals surface area contributed by atoms with Gasteiger partial charge >= 0.3 is 0 Å². The van der Waals surface area contributed by atoms with Crippen LogP contribution in [0.15, 0.2) is 18.3 Å². The van der Waals surface area contributed by atoms with Gasteiger partial charge in [-0.2, -0.15) is 0 Å². The van der Waals surface area contributed by atoms with Crippen molar-refractivity contribution >= 4 is 17.2 Å². The van der Waals surface area contributed by atoms with Crippen molar-refractivity contribution in [1.29, 1.82) is 0 Å². The fourth-order valence-corrected chi connectivity index (χ4v) is 2.40. The van der Waals surface area contributed by atoms with Crippen molar-refractivity contribution in [1.82, 2.24) is 9.88 Å². The van der Waals surface area contributed by atoms with E-state index in [0.29, 0.717) is 36.4 Å². The molecule has 1 aliphatic heterocycles. The number of ether oxygens (including phenoxy) is 1. The number of pyridine rings is 1. The summed E-state index contributed by atoms with van der Waals surface area (Å²) >= 11 is 5.02. The Morgan fingerprint density at radius 2 is 2.47 bits per heavy atom. The second-order valence-corrected chi connectivity index (χ2v) is 5.23. The van der Waals surface area contributed by atoms with E-state index in [-0.39, 0.29) is 12.7 Å². The minimum absolute atomic E-state index is 0.0401. The van der Waals surface area contributed by atoms with Crippen LogP contribution in [0.2, 0.25) is 0 Å². The van der Waals surface area contributed by atoms with E-state index in [1.54, 1.807) is 6.20 Å². The Balaban J connectivity index is 2.13. The summed E-state index contributed by atoms with van der Waals surface area (Å²) in [6.45, 7) is 4.17. The van der Waals surface area contributed by atoms with E-state index in [0.717, 1.165) is 5.56 Å². The van der Waals surface area contributed by atoms with Crippen LogP contribution < -0.4 is 5.73 Å². The molecule has 1 fully saturated rings. The molecule has 6 heteroatoms. The normalized spacial score (nSPS) is 24.3. The number of nitrogens with two attached hydrogens (primary N) is 1. The van der Waals surface area contributed by atoms with Crippen molar-refractivity contribution in [2.75, 3.05) is 19.8 Å². The molecular weight excluding hydrogens is 262 g/mol. The third-order valence-electron chi connectivity index (χ3n) is 3.34. The summed E-state index contributed by atoms with van der Waals surface area (Å²) in [7, 11) is 0. The van der Waals surface area contributed by atoms with Gasteiger partial charge in [-0.1, -0.05) is 18.3 Å². The average Bonchev–Trinajstić information content (AvgIpc) is 2.41. The fourth-order valence-electron chi connectivity index (χ4n) is 2.21. The molecule has 1 saturated heterocycles. The summed E-state index contributed by atoms with van der Waals surface area (Å²) in [6, 6.07) is 4.16. The van der Waals surface area contributed by atoms with Crippen LogP contribution in [-0.2, 0) is 11.3 Å². The first-order chi connectivity index (χ1) is 9.11. The molecule has 5 nitrogen and oxygen atoms in total. The van der Waals surface area contributed by atoms with Gasteiger partial charge in [-0.25, -0.2) is 0 Å². The van der Waals surface area contributed by atoms with E-state index in [4.69, 9.17) is 22.7 Å². The molecule has 0 aromatic carbocycles. The number of aromatic nitrogens is 1. The summed E-state index contributed by atoms with van der Waals surface area (Å²) < 4.78 is 5.53. The van der Waals surface area contributed by atoms with E-state index >= 15 is 0 Å². The maximum Gasteiger partial charge on any atom is 0.123 e. The molecule has 0 spiro atoms. The van der Waals surface area contributed by atoms with Gasteiger partial charge in [0, 0.05) is 25.3 Å². The molecule has 2 rings (SSSR count). The maximum absolute atomic E-state index is 9.20. The summed E-state index contributed by atoms with van der Waals surface area (Å²) in [4.78, 5) is 6.80. The molecule has 1 aromatic heterocycles. The lowest BCUT2D eigenvalue weighted by Crippen LogP contribution is -2.49. The minimum Gasteiger partial charge on any atom is -0.394 e. The fraction of sp³-hybridized carbons (Fsp3) is 0.538. The van der Waals surface area contributed by atoms with Crippen molar-refractivity contribution in [3.63, 3.8) is 0 Å². The zero-order valence-electron chi connectivity index (χ0n) is 11.0. The Hall–Kier alpha value is -1.08. The number of hydrogen-bond acceptors (Lipinski definition) is 5. The minimum atomic E-state index is -0.124. The maximum atomic E-state index is 9.20. The summed E-state index contributed by atoms with van der Waals surface area (Å²) in [5.74, 6) is 0. The number of thiocarbonyl (C=S) groups is 1. The van der Waals surface area contributed by atoms with Crippen molar-refractivity contribution in [2.45, 2.75) is 25.6 Å². The molecule has 0 amide bonds. The smallest absolute Gasteiger partial charge is 0.123 e. The Bertz CT molecular complexity index is 455. The van der Waals surface area contributed by atoms with Crippen LogP contribution in [0, 0.1) is 0 Å². The quantitative estimate of drug-likeness (QED) is 0.773. The van der Waals surface area contributed by atoms with Crippen LogP contribution in [0.1, 0.15) is 18.2 Å². The Morgan fingerprint density at radius 1 is 1.68 bits per heavy atom. The van der Waals surface area contributed by atoms with Gasteiger partial charge in [0.05, 0.1) is 19.3 Å². The molecule has 104 valence electrons. The molecule has 19 heavy (non-hydrogen) atoms. The predicted molar refractivity (Wildman–Crippen MR) is 76.8 cm³/mol. The second-order valence-electron chi connectivity index (χ2n) is 4.79. The third-order valence-corrected chi connectivity index (χ3v) is 3.53. The van der Waals surface area contributed by atoms with Gasteiger partial charge < -0.3 is 15.6 Å². The van der Waals surface area contributed by atoms with Gasteiger partial charge in [0.1, 0.15) is 10.7 Å². The molecule has 2 heterocycles. The van der Waals surface area contributed by atoms with Gasteiger partial charge in [0.25, 0.3) is 0 Å². The molecule has 1 aliphatic rings. The zero-order chi connectivity index (χ0) is 13.8. The lowest BCUT2D eigenvalue weighted by Gasteiger charge is -2.37. The highest BCUT2D eigenvalue weighted by Crippen LogP contribution is 2.17. The van der Waals surface area contributed by atoms with Crippen LogP contribution in [-0.4, -0.2) is 51.9 Å². The number of aliphatic hydroxyl groups is 1. The van der Waals surface area contributed by atoms with Crippen molar-refractivity contribution < 1.29 is 9.84 Å². The first-order valence-electron chi connectivity index (χ1n) is 6.32. The molecule has 0 saturated carbocycles. The monoisotopic (exact) mass is 281 g/mol. The van der Waals surface area contributed by atoms with Crippen LogP contribution in [0.25, 0.3) is 0 Å². The van der Waals surface area contributed by atoms with Crippen LogP contribution in [0.4, 0.5) is 0 Å². The number of hydrogen-bond donors (Lipinski definition) is 2. The van der Waals surface area contributed by atoms with E-state index in [9.17, 15) is 5.11 Å². The highest BCUT2D eigenvalue weighted by atomic mass is 32.1. The third kappa shape index (κ3) is 3.48. The first kappa shape index (κ1) is 14.3. The number of nitrogens with zero attached hydrogens (tertiary/aromatic N) is 2.